The van der Waals surface area contributed by atoms with Gasteiger partial charge < -0.3 is 14.2 Å². The maximum Gasteiger partial charge on any atom is 0.229 e. The maximum absolute atomic E-state index is 13.2. The molecule has 2 heterocycles. The van der Waals surface area contributed by atoms with Gasteiger partial charge >= 0.3 is 0 Å². The van der Waals surface area contributed by atoms with Crippen LogP contribution < -0.4 is 0 Å². The molecule has 0 unspecified atom stereocenters. The van der Waals surface area contributed by atoms with Gasteiger partial charge in [-0.05, 0) is 43.9 Å². The van der Waals surface area contributed by atoms with Gasteiger partial charge in [0.25, 0.3) is 0 Å². The monoisotopic (exact) mass is 346 g/mol. The Morgan fingerprint density at radius 3 is 2.56 bits per heavy atom. The molecule has 25 heavy (non-hydrogen) atoms. The van der Waals surface area contributed by atoms with Crippen LogP contribution in [0, 0.1) is 18.2 Å². The van der Waals surface area contributed by atoms with E-state index in [4.69, 9.17) is 9.26 Å². The zero-order chi connectivity index (χ0) is 17.9. The standard InChI is InChI=1S/C19H23FN2O3/c1-14-11-17(21-25-14)13-22(2)18(23)19(7-9-24-10-8-19)12-15-3-5-16(20)6-4-15/h3-6,11H,7-10,12-13H2,1-2H3. The highest BCUT2D eigenvalue weighted by atomic mass is 19.1. The van der Waals surface area contributed by atoms with E-state index in [1.54, 1.807) is 24.1 Å². The number of ether oxygens (including phenoxy) is 1. The minimum atomic E-state index is -0.524. The highest BCUT2D eigenvalue weighted by Crippen LogP contribution is 2.36. The number of aryl methyl sites for hydroxylation is 1. The molecule has 3 rings (SSSR count). The third kappa shape index (κ3) is 4.07. The van der Waals surface area contributed by atoms with Crippen LogP contribution in [-0.2, 0) is 22.5 Å². The summed E-state index contributed by atoms with van der Waals surface area (Å²) in [6.07, 6.45) is 1.90. The number of nitrogens with zero attached hydrogens (tertiary/aromatic N) is 2. The Morgan fingerprint density at radius 2 is 1.96 bits per heavy atom. The maximum atomic E-state index is 13.2. The van der Waals surface area contributed by atoms with Gasteiger partial charge in [0.1, 0.15) is 17.3 Å². The van der Waals surface area contributed by atoms with Crippen LogP contribution in [0.1, 0.15) is 29.9 Å². The summed E-state index contributed by atoms with van der Waals surface area (Å²) in [5.41, 5.74) is 1.17. The molecule has 6 heteroatoms. The van der Waals surface area contributed by atoms with E-state index in [0.717, 1.165) is 17.0 Å². The number of hydrogen-bond donors (Lipinski definition) is 0. The Labute approximate surface area is 146 Å². The predicted octanol–water partition coefficient (Wildman–Crippen LogP) is 3.12. The van der Waals surface area contributed by atoms with Gasteiger partial charge in [-0.25, -0.2) is 4.39 Å². The van der Waals surface area contributed by atoms with Crippen molar-refractivity contribution in [2.45, 2.75) is 32.7 Å². The van der Waals surface area contributed by atoms with Crippen LogP contribution in [0.25, 0.3) is 0 Å². The summed E-state index contributed by atoms with van der Waals surface area (Å²) in [6, 6.07) is 8.21. The van der Waals surface area contributed by atoms with E-state index in [1.165, 1.54) is 12.1 Å². The van der Waals surface area contributed by atoms with E-state index < -0.39 is 5.41 Å². The number of amides is 1. The summed E-state index contributed by atoms with van der Waals surface area (Å²) in [4.78, 5) is 14.9. The summed E-state index contributed by atoms with van der Waals surface area (Å²) < 4.78 is 23.7. The molecule has 134 valence electrons. The van der Waals surface area contributed by atoms with Crippen LogP contribution in [0.5, 0.6) is 0 Å². The van der Waals surface area contributed by atoms with Crippen molar-refractivity contribution in [1.29, 1.82) is 0 Å². The predicted molar refractivity (Wildman–Crippen MR) is 90.3 cm³/mol. The second-order valence-corrected chi connectivity index (χ2v) is 6.79. The van der Waals surface area contributed by atoms with Gasteiger partial charge in [0.05, 0.1) is 12.0 Å². The molecule has 0 aliphatic carbocycles. The van der Waals surface area contributed by atoms with Crippen molar-refractivity contribution in [1.82, 2.24) is 10.1 Å². The first kappa shape index (κ1) is 17.6. The van der Waals surface area contributed by atoms with Crippen molar-refractivity contribution < 1.29 is 18.4 Å². The molecule has 0 saturated carbocycles. The first-order valence-electron chi connectivity index (χ1n) is 8.48. The molecule has 5 nitrogen and oxygen atoms in total. The minimum Gasteiger partial charge on any atom is -0.381 e. The first-order chi connectivity index (χ1) is 12.0. The van der Waals surface area contributed by atoms with Crippen molar-refractivity contribution in [3.05, 3.63) is 53.2 Å². The quantitative estimate of drug-likeness (QED) is 0.835. The number of rotatable bonds is 5. The molecule has 1 aliphatic heterocycles. The summed E-state index contributed by atoms with van der Waals surface area (Å²) in [5.74, 6) is 0.526. The van der Waals surface area contributed by atoms with Crippen LogP contribution in [0.4, 0.5) is 4.39 Å². The van der Waals surface area contributed by atoms with Gasteiger partial charge in [0.15, 0.2) is 0 Å². The Balaban J connectivity index is 1.78. The molecule has 1 saturated heterocycles. The zero-order valence-electron chi connectivity index (χ0n) is 14.6. The molecule has 1 amide bonds. The number of aromatic nitrogens is 1. The Morgan fingerprint density at radius 1 is 1.28 bits per heavy atom. The van der Waals surface area contributed by atoms with Crippen LogP contribution in [0.2, 0.25) is 0 Å². The fraction of sp³-hybridized carbons (Fsp3) is 0.474. The second kappa shape index (κ2) is 7.35. The summed E-state index contributed by atoms with van der Waals surface area (Å²) in [5, 5.41) is 3.96. The molecule has 0 spiro atoms. The molecular formula is C19H23FN2O3. The molecular weight excluding hydrogens is 323 g/mol. The first-order valence-corrected chi connectivity index (χ1v) is 8.48. The zero-order valence-corrected chi connectivity index (χ0v) is 14.6. The second-order valence-electron chi connectivity index (χ2n) is 6.79. The number of hydrogen-bond acceptors (Lipinski definition) is 4. The molecule has 0 bridgehead atoms. The molecule has 1 aromatic heterocycles. The summed E-state index contributed by atoms with van der Waals surface area (Å²) in [7, 11) is 1.79. The van der Waals surface area contributed by atoms with E-state index >= 15 is 0 Å². The topological polar surface area (TPSA) is 55.6 Å². The van der Waals surface area contributed by atoms with Gasteiger partial charge in [0.2, 0.25) is 5.91 Å². The lowest BCUT2D eigenvalue weighted by molar-refractivity contribution is -0.147. The van der Waals surface area contributed by atoms with Crippen molar-refractivity contribution in [2.75, 3.05) is 20.3 Å². The van der Waals surface area contributed by atoms with Gasteiger partial charge in [0, 0.05) is 26.3 Å². The smallest absolute Gasteiger partial charge is 0.229 e. The number of carbonyl (C=O) groups excluding carboxylic acids is 1. The van der Waals surface area contributed by atoms with E-state index in [2.05, 4.69) is 5.16 Å². The lowest BCUT2D eigenvalue weighted by Crippen LogP contribution is -2.46. The molecule has 0 N–H and O–H groups in total. The number of carbonyl (C=O) groups is 1. The van der Waals surface area contributed by atoms with Crippen LogP contribution >= 0.6 is 0 Å². The van der Waals surface area contributed by atoms with Gasteiger partial charge in [-0.2, -0.15) is 0 Å². The van der Waals surface area contributed by atoms with Crippen molar-refractivity contribution in [3.63, 3.8) is 0 Å². The largest absolute Gasteiger partial charge is 0.381 e. The van der Waals surface area contributed by atoms with Gasteiger partial charge in [-0.15, -0.1) is 0 Å². The van der Waals surface area contributed by atoms with Crippen LogP contribution in [-0.4, -0.2) is 36.2 Å². The lowest BCUT2D eigenvalue weighted by Gasteiger charge is -2.38. The average molecular weight is 346 g/mol. The van der Waals surface area contributed by atoms with Crippen molar-refractivity contribution >= 4 is 5.91 Å². The Kier molecular flexibility index (Phi) is 5.18. The van der Waals surface area contributed by atoms with E-state index in [-0.39, 0.29) is 11.7 Å². The van der Waals surface area contributed by atoms with Crippen LogP contribution in [0.3, 0.4) is 0 Å². The van der Waals surface area contributed by atoms with Gasteiger partial charge in [-0.1, -0.05) is 17.3 Å². The van der Waals surface area contributed by atoms with Crippen LogP contribution in [0.15, 0.2) is 34.9 Å². The molecule has 1 fully saturated rings. The Bertz CT molecular complexity index is 721. The highest BCUT2D eigenvalue weighted by molar-refractivity contribution is 5.83. The van der Waals surface area contributed by atoms with Crippen molar-refractivity contribution in [2.24, 2.45) is 5.41 Å². The third-order valence-electron chi connectivity index (χ3n) is 4.78. The molecule has 1 aliphatic rings. The SMILES string of the molecule is Cc1cc(CN(C)C(=O)C2(Cc3ccc(F)cc3)CCOCC2)no1. The third-order valence-corrected chi connectivity index (χ3v) is 4.78. The number of benzene rings is 1. The lowest BCUT2D eigenvalue weighted by atomic mass is 9.74. The van der Waals surface area contributed by atoms with E-state index in [0.29, 0.717) is 39.0 Å². The fourth-order valence-corrected chi connectivity index (χ4v) is 3.43. The highest BCUT2D eigenvalue weighted by Gasteiger charge is 2.41. The molecule has 0 radical (unpaired) electrons. The normalized spacial score (nSPS) is 16.6. The molecule has 1 aromatic carbocycles. The van der Waals surface area contributed by atoms with E-state index in [9.17, 15) is 9.18 Å². The minimum absolute atomic E-state index is 0.0702. The molecule has 0 atom stereocenters. The fourth-order valence-electron chi connectivity index (χ4n) is 3.43. The molecule has 2 aromatic rings. The Hall–Kier alpha value is -2.21. The van der Waals surface area contributed by atoms with E-state index in [1.807, 2.05) is 13.0 Å². The summed E-state index contributed by atoms with van der Waals surface area (Å²) in [6.45, 7) is 3.35. The number of halogens is 1. The average Bonchev–Trinajstić information content (AvgIpc) is 3.02. The van der Waals surface area contributed by atoms with Crippen molar-refractivity contribution in [3.8, 4) is 0 Å². The van der Waals surface area contributed by atoms with Gasteiger partial charge in [-0.3, -0.25) is 4.79 Å². The summed E-state index contributed by atoms with van der Waals surface area (Å²) >= 11 is 0.